The predicted octanol–water partition coefficient (Wildman–Crippen LogP) is 2.89. The van der Waals surface area contributed by atoms with Crippen LogP contribution in [-0.2, 0) is 0 Å². The highest BCUT2D eigenvalue weighted by molar-refractivity contribution is 5.92. The summed E-state index contributed by atoms with van der Waals surface area (Å²) < 4.78 is 0. The van der Waals surface area contributed by atoms with Gasteiger partial charge in [0.25, 0.3) is 5.91 Å². The van der Waals surface area contributed by atoms with Gasteiger partial charge in [0.15, 0.2) is 11.5 Å². The van der Waals surface area contributed by atoms with Crippen molar-refractivity contribution >= 4 is 23.2 Å². The zero-order valence-corrected chi connectivity index (χ0v) is 15.7. The molecule has 4 rings (SSSR count). The maximum absolute atomic E-state index is 12.7. The molecule has 1 amide bonds. The van der Waals surface area contributed by atoms with Gasteiger partial charge in [0, 0.05) is 38.1 Å². The largest absolute Gasteiger partial charge is 0.353 e. The van der Waals surface area contributed by atoms with E-state index < -0.39 is 0 Å². The molecule has 0 aliphatic carbocycles. The van der Waals surface area contributed by atoms with Gasteiger partial charge in [0.05, 0.1) is 0 Å². The van der Waals surface area contributed by atoms with Crippen molar-refractivity contribution in [3.05, 3.63) is 72.1 Å². The number of amides is 1. The number of aryl methyl sites for hydroxylation is 1. The Bertz CT molecular complexity index is 937. The first kappa shape index (κ1) is 17.9. The van der Waals surface area contributed by atoms with Crippen LogP contribution in [0, 0.1) is 6.92 Å². The second kappa shape index (κ2) is 8.04. The first-order valence-corrected chi connectivity index (χ1v) is 9.32. The molecule has 7 heteroatoms. The Morgan fingerprint density at radius 1 is 0.929 bits per heavy atom. The third-order valence-corrected chi connectivity index (χ3v) is 4.83. The van der Waals surface area contributed by atoms with Crippen LogP contribution in [-0.4, -0.2) is 52.2 Å². The van der Waals surface area contributed by atoms with Crippen molar-refractivity contribution in [2.75, 3.05) is 36.4 Å². The van der Waals surface area contributed by atoms with Crippen molar-refractivity contribution in [1.29, 1.82) is 0 Å². The number of piperazine rings is 1. The molecule has 7 nitrogen and oxygen atoms in total. The molecule has 1 aromatic carbocycles. The number of rotatable bonds is 4. The van der Waals surface area contributed by atoms with Gasteiger partial charge in [0.1, 0.15) is 5.82 Å². The molecule has 0 saturated carbocycles. The molecule has 1 aliphatic rings. The van der Waals surface area contributed by atoms with Crippen molar-refractivity contribution in [3.63, 3.8) is 0 Å². The van der Waals surface area contributed by atoms with Crippen LogP contribution in [0.1, 0.15) is 16.1 Å². The summed E-state index contributed by atoms with van der Waals surface area (Å²) >= 11 is 0. The molecule has 1 aliphatic heterocycles. The third-order valence-electron chi connectivity index (χ3n) is 4.83. The van der Waals surface area contributed by atoms with Gasteiger partial charge in [-0.15, -0.1) is 10.2 Å². The lowest BCUT2D eigenvalue weighted by molar-refractivity contribution is 0.0739. The maximum atomic E-state index is 12.7. The van der Waals surface area contributed by atoms with Gasteiger partial charge in [-0.2, -0.15) is 0 Å². The molecule has 1 fully saturated rings. The Kier molecular flexibility index (Phi) is 5.14. The van der Waals surface area contributed by atoms with E-state index in [-0.39, 0.29) is 5.91 Å². The molecule has 0 spiro atoms. The second-order valence-corrected chi connectivity index (χ2v) is 6.71. The van der Waals surface area contributed by atoms with Crippen LogP contribution in [0.5, 0.6) is 0 Å². The van der Waals surface area contributed by atoms with Gasteiger partial charge in [-0.3, -0.25) is 4.79 Å². The fourth-order valence-corrected chi connectivity index (χ4v) is 3.21. The number of nitrogens with zero attached hydrogens (tertiary/aromatic N) is 5. The van der Waals surface area contributed by atoms with E-state index in [2.05, 4.69) is 25.4 Å². The van der Waals surface area contributed by atoms with Crippen molar-refractivity contribution in [3.8, 4) is 0 Å². The van der Waals surface area contributed by atoms with Crippen LogP contribution in [0.3, 0.4) is 0 Å². The highest BCUT2D eigenvalue weighted by Gasteiger charge is 2.23. The number of hydrogen-bond donors (Lipinski definition) is 1. The normalized spacial score (nSPS) is 14.0. The first-order chi connectivity index (χ1) is 13.7. The summed E-state index contributed by atoms with van der Waals surface area (Å²) in [6.45, 7) is 4.81. The summed E-state index contributed by atoms with van der Waals surface area (Å²) in [6, 6.07) is 17.3. The number of benzene rings is 1. The number of para-hydroxylation sites is 1. The quantitative estimate of drug-likeness (QED) is 0.757. The molecule has 28 heavy (non-hydrogen) atoms. The minimum absolute atomic E-state index is 0.0874. The second-order valence-electron chi connectivity index (χ2n) is 6.71. The van der Waals surface area contributed by atoms with Crippen molar-refractivity contribution in [2.45, 2.75) is 6.92 Å². The summed E-state index contributed by atoms with van der Waals surface area (Å²) in [4.78, 5) is 21.1. The van der Waals surface area contributed by atoms with Crippen LogP contribution in [0.15, 0.2) is 60.8 Å². The van der Waals surface area contributed by atoms with E-state index in [1.54, 1.807) is 18.3 Å². The molecule has 0 atom stereocenters. The fourth-order valence-electron chi connectivity index (χ4n) is 3.21. The smallest absolute Gasteiger partial charge is 0.274 e. The van der Waals surface area contributed by atoms with Crippen molar-refractivity contribution in [2.24, 2.45) is 0 Å². The third kappa shape index (κ3) is 3.93. The Labute approximate surface area is 164 Å². The predicted molar refractivity (Wildman–Crippen MR) is 109 cm³/mol. The number of anilines is 3. The minimum Gasteiger partial charge on any atom is -0.353 e. The van der Waals surface area contributed by atoms with E-state index in [0.29, 0.717) is 24.6 Å². The first-order valence-electron chi connectivity index (χ1n) is 9.32. The van der Waals surface area contributed by atoms with Gasteiger partial charge in [-0.25, -0.2) is 4.98 Å². The zero-order chi connectivity index (χ0) is 19.3. The zero-order valence-electron chi connectivity index (χ0n) is 15.7. The standard InChI is InChI=1S/C21H22N6O/c1-16-6-2-3-7-17(16)23-19-10-9-18(24-25-19)21(28)27-14-12-26(13-15-27)20-8-4-5-11-22-20/h2-11H,12-15H2,1H3,(H,23,25). The number of carbonyl (C=O) groups excluding carboxylic acids is 1. The number of hydrogen-bond acceptors (Lipinski definition) is 6. The van der Waals surface area contributed by atoms with Crippen LogP contribution >= 0.6 is 0 Å². The minimum atomic E-state index is -0.0874. The Morgan fingerprint density at radius 3 is 2.39 bits per heavy atom. The van der Waals surface area contributed by atoms with Crippen LogP contribution in [0.4, 0.5) is 17.3 Å². The number of pyridine rings is 1. The SMILES string of the molecule is Cc1ccccc1Nc1ccc(C(=O)N2CCN(c3ccccn3)CC2)nn1. The van der Waals surface area contributed by atoms with Gasteiger partial charge < -0.3 is 15.1 Å². The number of aromatic nitrogens is 3. The lowest BCUT2D eigenvalue weighted by atomic mass is 10.2. The average molecular weight is 374 g/mol. The van der Waals surface area contributed by atoms with E-state index in [0.717, 1.165) is 30.2 Å². The van der Waals surface area contributed by atoms with E-state index in [4.69, 9.17) is 0 Å². The van der Waals surface area contributed by atoms with Gasteiger partial charge >= 0.3 is 0 Å². The van der Waals surface area contributed by atoms with Gasteiger partial charge in [0.2, 0.25) is 0 Å². The summed E-state index contributed by atoms with van der Waals surface area (Å²) in [5.74, 6) is 1.47. The van der Waals surface area contributed by atoms with Crippen LogP contribution < -0.4 is 10.2 Å². The number of carbonyl (C=O) groups is 1. The molecular formula is C21H22N6O. The molecule has 0 bridgehead atoms. The molecule has 3 heterocycles. The van der Waals surface area contributed by atoms with E-state index in [1.165, 1.54) is 0 Å². The molecule has 1 N–H and O–H groups in total. The van der Waals surface area contributed by atoms with Gasteiger partial charge in [-0.1, -0.05) is 24.3 Å². The lowest BCUT2D eigenvalue weighted by Gasteiger charge is -2.35. The Morgan fingerprint density at radius 2 is 1.71 bits per heavy atom. The average Bonchev–Trinajstić information content (AvgIpc) is 2.76. The van der Waals surface area contributed by atoms with Crippen LogP contribution in [0.25, 0.3) is 0 Å². The van der Waals surface area contributed by atoms with E-state index in [9.17, 15) is 4.79 Å². The van der Waals surface area contributed by atoms with Crippen molar-refractivity contribution < 1.29 is 4.79 Å². The molecular weight excluding hydrogens is 352 g/mol. The summed E-state index contributed by atoms with van der Waals surface area (Å²) in [7, 11) is 0. The molecule has 142 valence electrons. The maximum Gasteiger partial charge on any atom is 0.274 e. The molecule has 2 aromatic heterocycles. The highest BCUT2D eigenvalue weighted by Crippen LogP contribution is 2.18. The van der Waals surface area contributed by atoms with Crippen LogP contribution in [0.2, 0.25) is 0 Å². The van der Waals surface area contributed by atoms with Gasteiger partial charge in [-0.05, 0) is 42.8 Å². The summed E-state index contributed by atoms with van der Waals surface area (Å²) in [5, 5.41) is 11.5. The highest BCUT2D eigenvalue weighted by atomic mass is 16.2. The Balaban J connectivity index is 1.37. The number of nitrogens with one attached hydrogen (secondary N) is 1. The monoisotopic (exact) mass is 374 g/mol. The van der Waals surface area contributed by atoms with E-state index >= 15 is 0 Å². The summed E-state index contributed by atoms with van der Waals surface area (Å²) in [5.41, 5.74) is 2.46. The van der Waals surface area contributed by atoms with E-state index in [1.807, 2.05) is 54.3 Å². The fraction of sp³-hybridized carbons (Fsp3) is 0.238. The Hall–Kier alpha value is -3.48. The molecule has 0 unspecified atom stereocenters. The topological polar surface area (TPSA) is 74.2 Å². The van der Waals surface area contributed by atoms with Crippen molar-refractivity contribution in [1.82, 2.24) is 20.1 Å². The lowest BCUT2D eigenvalue weighted by Crippen LogP contribution is -2.49. The molecule has 3 aromatic rings. The summed E-state index contributed by atoms with van der Waals surface area (Å²) in [6.07, 6.45) is 1.79. The molecule has 1 saturated heterocycles. The molecule has 0 radical (unpaired) electrons.